The first-order valence-electron chi connectivity index (χ1n) is 23.9. The van der Waals surface area contributed by atoms with Gasteiger partial charge in [-0.15, -0.1) is 0 Å². The van der Waals surface area contributed by atoms with Crippen LogP contribution in [0.2, 0.25) is 0 Å². The van der Waals surface area contributed by atoms with Crippen molar-refractivity contribution in [2.24, 2.45) is 0 Å². The lowest BCUT2D eigenvalue weighted by molar-refractivity contribution is 0.102. The minimum atomic E-state index is -0.522. The van der Waals surface area contributed by atoms with E-state index in [1.165, 1.54) is 22.3 Å². The summed E-state index contributed by atoms with van der Waals surface area (Å²) in [6.45, 7) is 30.0. The Morgan fingerprint density at radius 1 is 0.354 bits per heavy atom. The Kier molecular flexibility index (Phi) is 26.5. The molecule has 8 rings (SSSR count). The Bertz CT molecular complexity index is 2330. The van der Waals surface area contributed by atoms with Crippen LogP contribution in [0.25, 0.3) is 11.1 Å². The fourth-order valence-corrected chi connectivity index (χ4v) is 7.26. The van der Waals surface area contributed by atoms with Crippen LogP contribution in [-0.4, -0.2) is 18.7 Å². The lowest BCUT2D eigenvalue weighted by atomic mass is 9.68. The summed E-state index contributed by atoms with van der Waals surface area (Å²) in [7, 11) is 1.69. The second kappa shape index (κ2) is 30.5. The van der Waals surface area contributed by atoms with E-state index in [2.05, 4.69) is 72.8 Å². The van der Waals surface area contributed by atoms with Crippen LogP contribution in [-0.2, 0) is 5.41 Å². The first kappa shape index (κ1) is 56.5. The smallest absolute Gasteiger partial charge is 0.193 e. The van der Waals surface area contributed by atoms with Crippen molar-refractivity contribution in [3.8, 4) is 28.4 Å². The molecule has 1 aliphatic rings. The van der Waals surface area contributed by atoms with Crippen molar-refractivity contribution in [3.05, 3.63) is 220 Å². The lowest BCUT2D eigenvalue weighted by Gasteiger charge is -2.34. The number of benzene rings is 7. The molecule has 4 nitrogen and oxygen atoms in total. The summed E-state index contributed by atoms with van der Waals surface area (Å²) in [6, 6.07) is 55.4. The highest BCUT2D eigenvalue weighted by molar-refractivity contribution is 6.11. The summed E-state index contributed by atoms with van der Waals surface area (Å²) in [5, 5.41) is 0. The summed E-state index contributed by atoms with van der Waals surface area (Å²) < 4.78 is 11.8. The third kappa shape index (κ3) is 13.3. The van der Waals surface area contributed by atoms with Crippen LogP contribution < -0.4 is 9.47 Å². The largest absolute Gasteiger partial charge is 0.497 e. The molecule has 7 aromatic carbocycles. The highest BCUT2D eigenvalue weighted by atomic mass is 16.5. The Balaban J connectivity index is 0.00000138. The van der Waals surface area contributed by atoms with Gasteiger partial charge >= 0.3 is 0 Å². The molecule has 4 heteroatoms. The fourth-order valence-electron chi connectivity index (χ4n) is 7.26. The van der Waals surface area contributed by atoms with Gasteiger partial charge in [-0.05, 0) is 88.8 Å². The minimum absolute atomic E-state index is 0.0719. The van der Waals surface area contributed by atoms with E-state index in [9.17, 15) is 9.59 Å². The van der Waals surface area contributed by atoms with E-state index >= 15 is 0 Å². The number of ketones is 2. The summed E-state index contributed by atoms with van der Waals surface area (Å²) in [5.74, 6) is 1.93. The minimum Gasteiger partial charge on any atom is -0.497 e. The molecule has 0 saturated heterocycles. The average Bonchev–Trinajstić information content (AvgIpc) is 3.71. The lowest BCUT2D eigenvalue weighted by Crippen LogP contribution is -2.28. The molecule has 0 heterocycles. The normalized spacial score (nSPS) is 10.4. The van der Waals surface area contributed by atoms with Crippen LogP contribution in [0.3, 0.4) is 0 Å². The van der Waals surface area contributed by atoms with Crippen LogP contribution >= 0.6 is 0 Å². The molecule has 0 amide bonds. The second-order valence-electron chi connectivity index (χ2n) is 12.8. The number of rotatable bonds is 9. The van der Waals surface area contributed by atoms with Crippen molar-refractivity contribution < 1.29 is 19.1 Å². The first-order chi connectivity index (χ1) is 31.9. The zero-order valence-electron chi connectivity index (χ0n) is 42.3. The predicted octanol–water partition coefficient (Wildman–Crippen LogP) is 17.8. The fraction of sp³-hybridized carbons (Fsp3) is 0.279. The van der Waals surface area contributed by atoms with Crippen LogP contribution in [0.4, 0.5) is 0 Å². The number of methoxy groups -OCH3 is 1. The van der Waals surface area contributed by atoms with E-state index in [4.69, 9.17) is 9.47 Å². The third-order valence-electron chi connectivity index (χ3n) is 9.84. The van der Waals surface area contributed by atoms with Gasteiger partial charge in [0.25, 0.3) is 0 Å². The number of fused-ring (bicyclic) bond motifs is 3. The number of carbonyl (C=O) groups excluding carboxylic acids is 2. The van der Waals surface area contributed by atoms with Crippen LogP contribution in [0.5, 0.6) is 17.2 Å². The van der Waals surface area contributed by atoms with Crippen LogP contribution in [0.1, 0.15) is 157 Å². The molecule has 0 bridgehead atoms. The highest BCUT2D eigenvalue weighted by Crippen LogP contribution is 2.56. The first-order valence-corrected chi connectivity index (χ1v) is 23.9. The zero-order chi connectivity index (χ0) is 49.0. The molecule has 0 atom stereocenters. The Labute approximate surface area is 393 Å². The van der Waals surface area contributed by atoms with E-state index in [1.54, 1.807) is 55.6 Å². The number of hydrogen-bond acceptors (Lipinski definition) is 4. The number of aryl methyl sites for hydroxylation is 1. The van der Waals surface area contributed by atoms with Crippen molar-refractivity contribution in [1.29, 1.82) is 0 Å². The number of ether oxygens (including phenoxy) is 2. The van der Waals surface area contributed by atoms with Gasteiger partial charge in [0.05, 0.1) is 12.5 Å². The molecular formula is C61H76O4. The van der Waals surface area contributed by atoms with Gasteiger partial charge in [-0.3, -0.25) is 9.59 Å². The maximum Gasteiger partial charge on any atom is 0.193 e. The van der Waals surface area contributed by atoms with Crippen LogP contribution in [0.15, 0.2) is 170 Å². The van der Waals surface area contributed by atoms with E-state index in [1.807, 2.05) is 152 Å². The molecule has 0 aromatic heterocycles. The van der Waals surface area contributed by atoms with Gasteiger partial charge in [-0.1, -0.05) is 224 Å². The standard InChI is InChI=1S/C47H34O4.7C2H6/c1-31-11-13-32(14-12-31)45(48)33-15-17-34(18-16-33)46(49)35-19-25-39(26-20-35)51-40-29-23-37(24-30-40)47(36-21-27-38(50-2)28-22-36)43-9-5-3-7-41(43)42-8-4-6-10-44(42)47;7*1-2/h3-30H,1-2H3;7*1-2H3. The van der Waals surface area contributed by atoms with E-state index < -0.39 is 5.41 Å². The molecular weight excluding hydrogens is 797 g/mol. The molecule has 0 N–H and O–H groups in total. The zero-order valence-corrected chi connectivity index (χ0v) is 42.3. The monoisotopic (exact) mass is 873 g/mol. The predicted molar refractivity (Wildman–Crippen MR) is 281 cm³/mol. The highest BCUT2D eigenvalue weighted by Gasteiger charge is 2.45. The maximum atomic E-state index is 13.3. The summed E-state index contributed by atoms with van der Waals surface area (Å²) in [6.07, 6.45) is 0. The van der Waals surface area contributed by atoms with Gasteiger partial charge in [0.15, 0.2) is 11.6 Å². The van der Waals surface area contributed by atoms with Gasteiger partial charge in [-0.2, -0.15) is 0 Å². The summed E-state index contributed by atoms with van der Waals surface area (Å²) in [4.78, 5) is 26.2. The molecule has 0 unspecified atom stereocenters. The van der Waals surface area contributed by atoms with Crippen molar-refractivity contribution in [2.45, 2.75) is 109 Å². The Morgan fingerprint density at radius 3 is 0.969 bits per heavy atom. The van der Waals surface area contributed by atoms with Gasteiger partial charge in [0.1, 0.15) is 17.2 Å². The average molecular weight is 873 g/mol. The number of carbonyl (C=O) groups is 2. The summed E-state index contributed by atoms with van der Waals surface area (Å²) >= 11 is 0. The molecule has 65 heavy (non-hydrogen) atoms. The van der Waals surface area contributed by atoms with E-state index in [0.717, 1.165) is 22.4 Å². The molecule has 0 saturated carbocycles. The topological polar surface area (TPSA) is 52.6 Å². The SMILES string of the molecule is CC.CC.CC.CC.CC.CC.CC.COc1ccc(C2(c3ccc(Oc4ccc(C(=O)c5ccc(C(=O)c6ccc(C)cc6)cc5)cc4)cc3)c3ccccc3-c3ccccc32)cc1. The molecule has 0 aliphatic heterocycles. The molecule has 7 aromatic rings. The Hall–Kier alpha value is -6.52. The maximum absolute atomic E-state index is 13.3. The van der Waals surface area contributed by atoms with E-state index in [-0.39, 0.29) is 11.6 Å². The summed E-state index contributed by atoms with van der Waals surface area (Å²) in [5.41, 5.74) is 10.00. The molecule has 0 radical (unpaired) electrons. The van der Waals surface area contributed by atoms with Gasteiger partial charge in [0, 0.05) is 22.3 Å². The Morgan fingerprint density at radius 2 is 0.631 bits per heavy atom. The van der Waals surface area contributed by atoms with Crippen molar-refractivity contribution in [3.63, 3.8) is 0 Å². The third-order valence-corrected chi connectivity index (χ3v) is 9.84. The molecule has 344 valence electrons. The van der Waals surface area contributed by atoms with E-state index in [0.29, 0.717) is 33.8 Å². The molecule has 0 spiro atoms. The molecule has 0 fully saturated rings. The van der Waals surface area contributed by atoms with Gasteiger partial charge in [-0.25, -0.2) is 0 Å². The number of hydrogen-bond donors (Lipinski definition) is 0. The second-order valence-corrected chi connectivity index (χ2v) is 12.8. The van der Waals surface area contributed by atoms with Crippen LogP contribution in [0, 0.1) is 6.92 Å². The van der Waals surface area contributed by atoms with Crippen molar-refractivity contribution in [2.75, 3.05) is 7.11 Å². The quantitative estimate of drug-likeness (QED) is 0.136. The van der Waals surface area contributed by atoms with Crippen molar-refractivity contribution in [1.82, 2.24) is 0 Å². The van der Waals surface area contributed by atoms with Gasteiger partial charge in [0.2, 0.25) is 0 Å². The van der Waals surface area contributed by atoms with Gasteiger partial charge < -0.3 is 9.47 Å². The van der Waals surface area contributed by atoms with Crippen molar-refractivity contribution >= 4 is 11.6 Å². The molecule has 1 aliphatic carbocycles.